The molecule has 6 heteroatoms. The molecule has 1 aliphatic rings. The highest BCUT2D eigenvalue weighted by molar-refractivity contribution is 5.94. The van der Waals surface area contributed by atoms with Gasteiger partial charge in [0.2, 0.25) is 11.8 Å². The summed E-state index contributed by atoms with van der Waals surface area (Å²) >= 11 is 0. The molecule has 1 aromatic heterocycles. The van der Waals surface area contributed by atoms with Crippen molar-refractivity contribution in [3.8, 4) is 11.3 Å². The van der Waals surface area contributed by atoms with E-state index in [-0.39, 0.29) is 18.0 Å². The van der Waals surface area contributed by atoms with Crippen LogP contribution >= 0.6 is 0 Å². The van der Waals surface area contributed by atoms with Gasteiger partial charge in [-0.3, -0.25) is 0 Å². The number of ether oxygens (including phenoxy) is 2. The quantitative estimate of drug-likeness (QED) is 0.855. The molecule has 0 saturated carbocycles. The number of benzene rings is 1. The van der Waals surface area contributed by atoms with Crippen molar-refractivity contribution in [2.45, 2.75) is 32.4 Å². The number of rotatable bonds is 4. The lowest BCUT2D eigenvalue weighted by Gasteiger charge is -2.26. The SMILES string of the molecule is COC1=N[C@H](Cc2cc(-c3ccccc3)on2)C(OC)=N[C@H]1C(C)C. The van der Waals surface area contributed by atoms with Crippen molar-refractivity contribution < 1.29 is 14.0 Å². The molecule has 132 valence electrons. The maximum atomic E-state index is 5.47. The first-order valence-corrected chi connectivity index (χ1v) is 8.36. The lowest BCUT2D eigenvalue weighted by atomic mass is 10.0. The topological polar surface area (TPSA) is 69.2 Å². The molecule has 25 heavy (non-hydrogen) atoms. The van der Waals surface area contributed by atoms with Crippen LogP contribution in [0.2, 0.25) is 0 Å². The molecule has 0 N–H and O–H groups in total. The van der Waals surface area contributed by atoms with Gasteiger partial charge in [-0.2, -0.15) is 0 Å². The number of aliphatic imine (C=N–C) groups is 2. The minimum absolute atomic E-state index is 0.117. The summed E-state index contributed by atoms with van der Waals surface area (Å²) in [4.78, 5) is 9.36. The second-order valence-corrected chi connectivity index (χ2v) is 6.30. The zero-order valence-electron chi connectivity index (χ0n) is 15.0. The molecule has 2 heterocycles. The summed E-state index contributed by atoms with van der Waals surface area (Å²) in [6, 6.07) is 11.4. The van der Waals surface area contributed by atoms with Crippen LogP contribution in [-0.2, 0) is 15.9 Å². The van der Waals surface area contributed by atoms with Crippen molar-refractivity contribution in [3.05, 3.63) is 42.1 Å². The summed E-state index contributed by atoms with van der Waals surface area (Å²) in [5.74, 6) is 2.25. The molecule has 1 aromatic carbocycles. The molecule has 0 fully saturated rings. The van der Waals surface area contributed by atoms with Gasteiger partial charge in [0, 0.05) is 18.1 Å². The Morgan fingerprint density at radius 2 is 1.76 bits per heavy atom. The molecule has 6 nitrogen and oxygen atoms in total. The molecule has 1 aliphatic heterocycles. The van der Waals surface area contributed by atoms with Crippen LogP contribution in [0.4, 0.5) is 0 Å². The normalized spacial score (nSPS) is 20.2. The Morgan fingerprint density at radius 1 is 1.04 bits per heavy atom. The zero-order valence-corrected chi connectivity index (χ0v) is 15.0. The van der Waals surface area contributed by atoms with Crippen molar-refractivity contribution in [1.82, 2.24) is 5.16 Å². The van der Waals surface area contributed by atoms with Gasteiger partial charge in [-0.15, -0.1) is 0 Å². The van der Waals surface area contributed by atoms with Gasteiger partial charge in [-0.25, -0.2) is 9.98 Å². The molecule has 0 aliphatic carbocycles. The third kappa shape index (κ3) is 3.73. The van der Waals surface area contributed by atoms with Crippen molar-refractivity contribution in [3.63, 3.8) is 0 Å². The molecule has 2 aromatic rings. The summed E-state index contributed by atoms with van der Waals surface area (Å²) in [6.45, 7) is 4.17. The number of hydrogen-bond donors (Lipinski definition) is 0. The van der Waals surface area contributed by atoms with Gasteiger partial charge in [0.1, 0.15) is 12.1 Å². The van der Waals surface area contributed by atoms with E-state index in [0.29, 0.717) is 18.2 Å². The molecule has 0 amide bonds. The minimum Gasteiger partial charge on any atom is -0.483 e. The summed E-state index contributed by atoms with van der Waals surface area (Å²) in [5, 5.41) is 4.16. The number of hydrogen-bond acceptors (Lipinski definition) is 6. The van der Waals surface area contributed by atoms with Crippen LogP contribution in [0.5, 0.6) is 0 Å². The predicted octanol–water partition coefficient (Wildman–Crippen LogP) is 3.38. The van der Waals surface area contributed by atoms with E-state index in [9.17, 15) is 0 Å². The van der Waals surface area contributed by atoms with Crippen LogP contribution in [-0.4, -0.2) is 43.3 Å². The van der Waals surface area contributed by atoms with Crippen molar-refractivity contribution >= 4 is 11.8 Å². The molecule has 0 spiro atoms. The monoisotopic (exact) mass is 341 g/mol. The van der Waals surface area contributed by atoms with Crippen LogP contribution in [0.3, 0.4) is 0 Å². The van der Waals surface area contributed by atoms with E-state index in [1.165, 1.54) is 0 Å². The van der Waals surface area contributed by atoms with E-state index in [2.05, 4.69) is 29.0 Å². The van der Waals surface area contributed by atoms with Crippen LogP contribution in [0.15, 0.2) is 50.9 Å². The summed E-state index contributed by atoms with van der Waals surface area (Å²) in [6.07, 6.45) is 0.542. The molecule has 0 radical (unpaired) electrons. The van der Waals surface area contributed by atoms with Gasteiger partial charge in [0.15, 0.2) is 5.76 Å². The largest absolute Gasteiger partial charge is 0.483 e. The highest BCUT2D eigenvalue weighted by atomic mass is 16.5. The van der Waals surface area contributed by atoms with Gasteiger partial charge in [-0.05, 0) is 5.92 Å². The Kier molecular flexibility index (Phi) is 5.16. The maximum absolute atomic E-state index is 5.47. The Bertz CT molecular complexity index is 765. The predicted molar refractivity (Wildman–Crippen MR) is 96.9 cm³/mol. The molecular weight excluding hydrogens is 318 g/mol. The lowest BCUT2D eigenvalue weighted by molar-refractivity contribution is 0.331. The fraction of sp³-hybridized carbons (Fsp3) is 0.421. The second kappa shape index (κ2) is 7.51. The first-order chi connectivity index (χ1) is 12.1. The van der Waals surface area contributed by atoms with Crippen molar-refractivity contribution in [1.29, 1.82) is 0 Å². The van der Waals surface area contributed by atoms with Crippen LogP contribution in [0.1, 0.15) is 19.5 Å². The Hall–Kier alpha value is -2.63. The van der Waals surface area contributed by atoms with Crippen LogP contribution < -0.4 is 0 Å². The molecule has 0 saturated heterocycles. The van der Waals surface area contributed by atoms with Crippen molar-refractivity contribution in [2.24, 2.45) is 15.9 Å². The van der Waals surface area contributed by atoms with E-state index in [4.69, 9.17) is 14.0 Å². The minimum atomic E-state index is -0.260. The Balaban J connectivity index is 1.81. The first kappa shape index (κ1) is 17.2. The number of methoxy groups -OCH3 is 2. The van der Waals surface area contributed by atoms with Gasteiger partial charge < -0.3 is 14.0 Å². The zero-order chi connectivity index (χ0) is 17.8. The standard InChI is InChI=1S/C19H23N3O3/c1-12(2)17-19(24-4)20-15(18(21-17)23-3)10-14-11-16(25-22-14)13-8-6-5-7-9-13/h5-9,11-12,15,17H,10H2,1-4H3/t15-,17+/m1/s1. The Labute approximate surface area is 147 Å². The second-order valence-electron chi connectivity index (χ2n) is 6.30. The number of aromatic nitrogens is 1. The summed E-state index contributed by atoms with van der Waals surface area (Å²) in [5.41, 5.74) is 1.79. The fourth-order valence-corrected chi connectivity index (χ4v) is 2.84. The Morgan fingerprint density at radius 3 is 2.40 bits per heavy atom. The third-order valence-corrected chi connectivity index (χ3v) is 4.16. The first-order valence-electron chi connectivity index (χ1n) is 8.36. The van der Waals surface area contributed by atoms with Crippen LogP contribution in [0, 0.1) is 5.92 Å². The van der Waals surface area contributed by atoms with Gasteiger partial charge in [0.05, 0.1) is 19.9 Å². The summed E-state index contributed by atoms with van der Waals surface area (Å²) in [7, 11) is 3.25. The average molecular weight is 341 g/mol. The van der Waals surface area contributed by atoms with Crippen LogP contribution in [0.25, 0.3) is 11.3 Å². The van der Waals surface area contributed by atoms with E-state index in [1.54, 1.807) is 14.2 Å². The highest BCUT2D eigenvalue weighted by Crippen LogP contribution is 2.23. The fourth-order valence-electron chi connectivity index (χ4n) is 2.84. The van der Waals surface area contributed by atoms with Gasteiger partial charge in [-0.1, -0.05) is 49.3 Å². The van der Waals surface area contributed by atoms with E-state index in [1.807, 2.05) is 36.4 Å². The molecule has 0 bridgehead atoms. The smallest absolute Gasteiger partial charge is 0.209 e. The highest BCUT2D eigenvalue weighted by Gasteiger charge is 2.31. The number of nitrogens with zero attached hydrogens (tertiary/aromatic N) is 3. The maximum Gasteiger partial charge on any atom is 0.209 e. The summed E-state index contributed by atoms with van der Waals surface area (Å²) < 4.78 is 16.4. The van der Waals surface area contributed by atoms with E-state index < -0.39 is 0 Å². The third-order valence-electron chi connectivity index (χ3n) is 4.16. The van der Waals surface area contributed by atoms with Crippen molar-refractivity contribution in [2.75, 3.05) is 14.2 Å². The van der Waals surface area contributed by atoms with E-state index >= 15 is 0 Å². The van der Waals surface area contributed by atoms with Gasteiger partial charge in [0.25, 0.3) is 0 Å². The molecular formula is C19H23N3O3. The molecule has 3 rings (SSSR count). The van der Waals surface area contributed by atoms with E-state index in [0.717, 1.165) is 17.0 Å². The molecule has 0 unspecified atom stereocenters. The average Bonchev–Trinajstić information content (AvgIpc) is 3.10. The molecule has 2 atom stereocenters. The van der Waals surface area contributed by atoms with Gasteiger partial charge >= 0.3 is 0 Å². The lowest BCUT2D eigenvalue weighted by Crippen LogP contribution is -2.38.